The van der Waals surface area contributed by atoms with Gasteiger partial charge in [-0.05, 0) is 24.3 Å². The summed E-state index contributed by atoms with van der Waals surface area (Å²) in [4.78, 5) is 8.27. The highest BCUT2D eigenvalue weighted by molar-refractivity contribution is 5.67. The van der Waals surface area contributed by atoms with Crippen molar-refractivity contribution in [3.8, 4) is 23.3 Å². The van der Waals surface area contributed by atoms with E-state index in [-0.39, 0.29) is 0 Å². The molecule has 2 aromatic rings. The van der Waals surface area contributed by atoms with Crippen LogP contribution in [0, 0.1) is 11.3 Å². The molecule has 0 aliphatic carbocycles. The average Bonchev–Trinajstić information content (AvgIpc) is 2.64. The van der Waals surface area contributed by atoms with E-state index in [1.807, 2.05) is 12.1 Å². The van der Waals surface area contributed by atoms with Gasteiger partial charge in [0.05, 0.1) is 39.4 Å². The second-order valence-electron chi connectivity index (χ2n) is 4.67. The number of hydrogen-bond donors (Lipinski definition) is 0. The van der Waals surface area contributed by atoms with Crippen molar-refractivity contribution in [1.29, 1.82) is 5.26 Å². The topological polar surface area (TPSA) is 76.2 Å². The third kappa shape index (κ3) is 3.92. The normalized spacial score (nSPS) is 9.42. The van der Waals surface area contributed by atoms with Crippen LogP contribution in [0.15, 0.2) is 46.4 Å². The van der Waals surface area contributed by atoms with Crippen LogP contribution >= 0.6 is 0 Å². The predicted octanol–water partition coefficient (Wildman–Crippen LogP) is 3.59. The number of nitriles is 1. The van der Waals surface area contributed by atoms with Crippen molar-refractivity contribution in [2.75, 3.05) is 21.3 Å². The molecule has 0 atom stereocenters. The van der Waals surface area contributed by atoms with Gasteiger partial charge in [0.1, 0.15) is 29.0 Å². The maximum absolute atomic E-state index is 9.14. The molecule has 2 aromatic carbocycles. The first kappa shape index (κ1) is 17.1. The Labute approximate surface area is 140 Å². The fourth-order valence-electron chi connectivity index (χ4n) is 2.08. The van der Waals surface area contributed by atoms with E-state index in [2.05, 4.69) is 22.1 Å². The van der Waals surface area contributed by atoms with E-state index in [4.69, 9.17) is 19.5 Å². The quantitative estimate of drug-likeness (QED) is 0.761. The molecule has 6 nitrogen and oxygen atoms in total. The Hall–Kier alpha value is -3.29. The van der Waals surface area contributed by atoms with Crippen LogP contribution in [0.25, 0.3) is 0 Å². The summed E-state index contributed by atoms with van der Waals surface area (Å²) in [5.74, 6) is 1.88. The lowest BCUT2D eigenvalue weighted by molar-refractivity contribution is 0.391. The Morgan fingerprint density at radius 2 is 1.79 bits per heavy atom. The molecule has 0 aliphatic rings. The summed E-state index contributed by atoms with van der Waals surface area (Å²) in [6.45, 7) is 0.341. The number of methoxy groups -OCH3 is 3. The van der Waals surface area contributed by atoms with Crippen LogP contribution in [0.1, 0.15) is 11.1 Å². The Morgan fingerprint density at radius 1 is 1.00 bits per heavy atom. The van der Waals surface area contributed by atoms with Crippen molar-refractivity contribution in [3.05, 3.63) is 47.5 Å². The zero-order valence-electron chi connectivity index (χ0n) is 13.7. The molecule has 0 saturated heterocycles. The van der Waals surface area contributed by atoms with Crippen LogP contribution in [-0.2, 0) is 6.54 Å². The van der Waals surface area contributed by atoms with Crippen LogP contribution in [0.2, 0.25) is 0 Å². The number of para-hydroxylation sites is 1. The molecular weight excluding hydrogens is 306 g/mol. The minimum absolute atomic E-state index is 0.341. The zero-order valence-corrected chi connectivity index (χ0v) is 13.7. The van der Waals surface area contributed by atoms with Gasteiger partial charge in [-0.25, -0.2) is 4.99 Å². The van der Waals surface area contributed by atoms with Gasteiger partial charge in [-0.15, -0.1) is 0 Å². The van der Waals surface area contributed by atoms with E-state index in [0.29, 0.717) is 35.0 Å². The average molecular weight is 323 g/mol. The van der Waals surface area contributed by atoms with Gasteiger partial charge < -0.3 is 14.2 Å². The van der Waals surface area contributed by atoms with Gasteiger partial charge in [-0.2, -0.15) is 10.3 Å². The SMILES string of the molecule is COc1ccc(CN=C=Nc2c(C#N)cccc2OC)c(OC)c1. The molecule has 122 valence electrons. The van der Waals surface area contributed by atoms with Gasteiger partial charge in [0, 0.05) is 11.6 Å². The highest BCUT2D eigenvalue weighted by atomic mass is 16.5. The van der Waals surface area contributed by atoms with E-state index < -0.39 is 0 Å². The lowest BCUT2D eigenvalue weighted by Gasteiger charge is -2.07. The highest BCUT2D eigenvalue weighted by Crippen LogP contribution is 2.30. The van der Waals surface area contributed by atoms with Gasteiger partial charge in [-0.1, -0.05) is 6.07 Å². The molecule has 0 fully saturated rings. The van der Waals surface area contributed by atoms with E-state index in [1.54, 1.807) is 38.5 Å². The second kappa shape index (κ2) is 8.37. The Kier molecular flexibility index (Phi) is 5.95. The fraction of sp³-hybridized carbons (Fsp3) is 0.222. The van der Waals surface area contributed by atoms with Crippen LogP contribution in [0.4, 0.5) is 5.69 Å². The molecule has 0 radical (unpaired) electrons. The Balaban J connectivity index is 2.24. The fourth-order valence-corrected chi connectivity index (χ4v) is 2.08. The molecule has 0 unspecified atom stereocenters. The van der Waals surface area contributed by atoms with Crippen LogP contribution in [-0.4, -0.2) is 27.3 Å². The minimum atomic E-state index is 0.341. The standard InChI is InChI=1S/C18H17N3O3/c1-22-15-8-7-14(17(9-15)24-3)11-20-12-21-18-13(10-19)5-4-6-16(18)23-2/h4-9H,11H2,1-3H3. The molecule has 0 aromatic heterocycles. The first-order valence-corrected chi connectivity index (χ1v) is 7.13. The Bertz CT molecular complexity index is 819. The van der Waals surface area contributed by atoms with E-state index in [1.165, 1.54) is 7.11 Å². The van der Waals surface area contributed by atoms with Crippen molar-refractivity contribution in [1.82, 2.24) is 0 Å². The van der Waals surface area contributed by atoms with E-state index in [9.17, 15) is 0 Å². The first-order chi connectivity index (χ1) is 11.7. The summed E-state index contributed by atoms with van der Waals surface area (Å²) in [5, 5.41) is 9.14. The number of nitrogens with zero attached hydrogens (tertiary/aromatic N) is 3. The predicted molar refractivity (Wildman–Crippen MR) is 90.5 cm³/mol. The molecule has 24 heavy (non-hydrogen) atoms. The number of benzene rings is 2. The molecule has 0 spiro atoms. The van der Waals surface area contributed by atoms with Crippen LogP contribution in [0.3, 0.4) is 0 Å². The third-order valence-corrected chi connectivity index (χ3v) is 3.32. The summed E-state index contributed by atoms with van der Waals surface area (Å²) in [6, 6.07) is 15.3. The second-order valence-corrected chi connectivity index (χ2v) is 4.67. The lowest BCUT2D eigenvalue weighted by atomic mass is 10.2. The summed E-state index contributed by atoms with van der Waals surface area (Å²) < 4.78 is 15.7. The first-order valence-electron chi connectivity index (χ1n) is 7.13. The van der Waals surface area contributed by atoms with Crippen LogP contribution < -0.4 is 14.2 Å². The summed E-state index contributed by atoms with van der Waals surface area (Å²) in [5.41, 5.74) is 1.69. The third-order valence-electron chi connectivity index (χ3n) is 3.32. The largest absolute Gasteiger partial charge is 0.497 e. The maximum atomic E-state index is 9.14. The number of rotatable bonds is 6. The van der Waals surface area contributed by atoms with E-state index in [0.717, 1.165) is 5.56 Å². The van der Waals surface area contributed by atoms with Crippen LogP contribution in [0.5, 0.6) is 17.2 Å². The number of ether oxygens (including phenoxy) is 3. The molecule has 2 rings (SSSR count). The van der Waals surface area contributed by atoms with Crippen molar-refractivity contribution < 1.29 is 14.2 Å². The zero-order chi connectivity index (χ0) is 17.4. The van der Waals surface area contributed by atoms with Gasteiger partial charge in [0.25, 0.3) is 0 Å². The monoisotopic (exact) mass is 323 g/mol. The van der Waals surface area contributed by atoms with Gasteiger partial charge in [-0.3, -0.25) is 0 Å². The molecule has 0 aliphatic heterocycles. The molecular formula is C18H17N3O3. The van der Waals surface area contributed by atoms with Gasteiger partial charge in [0.15, 0.2) is 0 Å². The molecule has 0 bridgehead atoms. The highest BCUT2D eigenvalue weighted by Gasteiger charge is 2.07. The maximum Gasteiger partial charge on any atom is 0.146 e. The molecule has 0 saturated carbocycles. The smallest absolute Gasteiger partial charge is 0.146 e. The van der Waals surface area contributed by atoms with Gasteiger partial charge >= 0.3 is 0 Å². The molecule has 0 heterocycles. The minimum Gasteiger partial charge on any atom is -0.497 e. The molecule has 6 heteroatoms. The van der Waals surface area contributed by atoms with Crippen molar-refractivity contribution >= 4 is 11.7 Å². The molecule has 0 N–H and O–H groups in total. The summed E-state index contributed by atoms with van der Waals surface area (Å²) in [6.07, 6.45) is 0. The van der Waals surface area contributed by atoms with E-state index >= 15 is 0 Å². The summed E-state index contributed by atoms with van der Waals surface area (Å²) >= 11 is 0. The van der Waals surface area contributed by atoms with Crippen molar-refractivity contribution in [2.45, 2.75) is 6.54 Å². The summed E-state index contributed by atoms with van der Waals surface area (Å²) in [7, 11) is 4.71. The Morgan fingerprint density at radius 3 is 2.46 bits per heavy atom. The molecule has 0 amide bonds. The van der Waals surface area contributed by atoms with Crippen molar-refractivity contribution in [2.24, 2.45) is 9.98 Å². The number of aliphatic imine (C=N–C) groups is 2. The number of hydrogen-bond acceptors (Lipinski definition) is 6. The van der Waals surface area contributed by atoms with Gasteiger partial charge in [0.2, 0.25) is 0 Å². The lowest BCUT2D eigenvalue weighted by Crippen LogP contribution is -1.92. The van der Waals surface area contributed by atoms with Crippen molar-refractivity contribution in [3.63, 3.8) is 0 Å².